The Morgan fingerprint density at radius 3 is 1.51 bits per heavy atom. The summed E-state index contributed by atoms with van der Waals surface area (Å²) in [6.07, 6.45) is 6.21. The number of aryl methyl sites for hydroxylation is 1. The van der Waals surface area contributed by atoms with Gasteiger partial charge in [0.1, 0.15) is 0 Å². The quantitative estimate of drug-likeness (QED) is 0.153. The molecule has 0 atom stereocenters. The highest BCUT2D eigenvalue weighted by molar-refractivity contribution is 6.10. The van der Waals surface area contributed by atoms with Crippen LogP contribution in [0.3, 0.4) is 0 Å². The Morgan fingerprint density at radius 2 is 0.895 bits per heavy atom. The summed E-state index contributed by atoms with van der Waals surface area (Å²) < 4.78 is 0. The summed E-state index contributed by atoms with van der Waals surface area (Å²) in [6, 6.07) is 66.6. The van der Waals surface area contributed by atoms with Crippen LogP contribution >= 0.6 is 0 Å². The van der Waals surface area contributed by atoms with E-state index in [4.69, 9.17) is 9.97 Å². The smallest absolute Gasteiger partial charge is 0.0974 e. The molecule has 10 rings (SSSR count). The number of nitrogens with zero attached hydrogens (tertiary/aromatic N) is 2. The van der Waals surface area contributed by atoms with Crippen molar-refractivity contribution in [2.45, 2.75) is 44.9 Å². The summed E-state index contributed by atoms with van der Waals surface area (Å²) >= 11 is 0. The van der Waals surface area contributed by atoms with E-state index in [1.54, 1.807) is 0 Å². The monoisotopic (exact) mass is 732 g/mol. The van der Waals surface area contributed by atoms with E-state index in [-0.39, 0.29) is 0 Å². The van der Waals surface area contributed by atoms with Crippen molar-refractivity contribution in [3.63, 3.8) is 0 Å². The fraction of sp³-hybridized carbons (Fsp3) is 0.127. The largest absolute Gasteiger partial charge is 0.251 e. The highest BCUT2D eigenvalue weighted by Crippen LogP contribution is 2.51. The van der Waals surface area contributed by atoms with Crippen LogP contribution in [0.4, 0.5) is 0 Å². The minimum absolute atomic E-state index is 0.460. The lowest BCUT2D eigenvalue weighted by atomic mass is 9.78. The molecule has 2 aromatic heterocycles. The average Bonchev–Trinajstić information content (AvgIpc) is 3.29. The molecular formula is C55H44N2. The maximum atomic E-state index is 5.46. The van der Waals surface area contributed by atoms with Gasteiger partial charge in [-0.3, -0.25) is 9.97 Å². The lowest BCUT2D eigenvalue weighted by Gasteiger charge is -2.25. The molecule has 0 unspecified atom stereocenters. The summed E-state index contributed by atoms with van der Waals surface area (Å²) in [6.45, 7) is 2.08. The Bertz CT molecular complexity index is 2860. The first-order chi connectivity index (χ1) is 28.2. The SMILES string of the molecule is Cc1ccc2ccc3c(-c4cccc(-c5cc(-c6ccccc6)c(-c6ccccc6)c(-c6ccccc6)c5-c5ccccc5)c4)cc(C4CCCCC4)nc3c2n1. The van der Waals surface area contributed by atoms with E-state index in [9.17, 15) is 0 Å². The van der Waals surface area contributed by atoms with E-state index < -0.39 is 0 Å². The molecule has 274 valence electrons. The summed E-state index contributed by atoms with van der Waals surface area (Å²) in [5.74, 6) is 0.460. The van der Waals surface area contributed by atoms with Crippen LogP contribution in [0.2, 0.25) is 0 Å². The van der Waals surface area contributed by atoms with Crippen LogP contribution in [0.5, 0.6) is 0 Å². The molecule has 0 amide bonds. The molecule has 1 aliphatic rings. The van der Waals surface area contributed by atoms with Gasteiger partial charge in [-0.15, -0.1) is 0 Å². The molecule has 0 N–H and O–H groups in total. The zero-order valence-corrected chi connectivity index (χ0v) is 32.3. The zero-order chi connectivity index (χ0) is 38.1. The van der Waals surface area contributed by atoms with Gasteiger partial charge in [0.25, 0.3) is 0 Å². The Kier molecular flexibility index (Phi) is 9.24. The van der Waals surface area contributed by atoms with Crippen LogP contribution < -0.4 is 0 Å². The summed E-state index contributed by atoms with van der Waals surface area (Å²) in [4.78, 5) is 10.5. The second-order valence-electron chi connectivity index (χ2n) is 15.6. The van der Waals surface area contributed by atoms with E-state index in [0.29, 0.717) is 5.92 Å². The zero-order valence-electron chi connectivity index (χ0n) is 32.3. The van der Waals surface area contributed by atoms with E-state index in [1.807, 2.05) is 0 Å². The highest BCUT2D eigenvalue weighted by atomic mass is 14.8. The van der Waals surface area contributed by atoms with E-state index in [1.165, 1.54) is 105 Å². The van der Waals surface area contributed by atoms with Crippen LogP contribution in [-0.4, -0.2) is 9.97 Å². The third-order valence-electron chi connectivity index (χ3n) is 11.9. The number of rotatable bonds is 7. The fourth-order valence-electron chi connectivity index (χ4n) is 9.15. The molecule has 2 heterocycles. The van der Waals surface area contributed by atoms with Gasteiger partial charge >= 0.3 is 0 Å². The molecule has 57 heavy (non-hydrogen) atoms. The fourth-order valence-corrected chi connectivity index (χ4v) is 9.15. The Morgan fingerprint density at radius 1 is 0.386 bits per heavy atom. The molecule has 0 spiro atoms. The van der Waals surface area contributed by atoms with Gasteiger partial charge in [0.05, 0.1) is 11.0 Å². The minimum atomic E-state index is 0.460. The predicted octanol–water partition coefficient (Wildman–Crippen LogP) is 15.1. The first-order valence-corrected chi connectivity index (χ1v) is 20.4. The van der Waals surface area contributed by atoms with Crippen LogP contribution in [0.1, 0.15) is 49.4 Å². The molecule has 2 nitrogen and oxygen atoms in total. The molecule has 9 aromatic rings. The van der Waals surface area contributed by atoms with Gasteiger partial charge in [-0.25, -0.2) is 0 Å². The van der Waals surface area contributed by atoms with Crippen LogP contribution in [0.15, 0.2) is 182 Å². The van der Waals surface area contributed by atoms with Gasteiger partial charge in [0, 0.05) is 28.1 Å². The lowest BCUT2D eigenvalue weighted by molar-refractivity contribution is 0.437. The molecule has 1 fully saturated rings. The maximum absolute atomic E-state index is 5.46. The normalized spacial score (nSPS) is 13.3. The molecule has 1 saturated carbocycles. The van der Waals surface area contributed by atoms with Crippen molar-refractivity contribution in [1.82, 2.24) is 9.97 Å². The Labute approximate surface area is 335 Å². The number of hydrogen-bond acceptors (Lipinski definition) is 2. The topological polar surface area (TPSA) is 25.8 Å². The van der Waals surface area contributed by atoms with Gasteiger partial charge < -0.3 is 0 Å². The molecule has 2 heteroatoms. The maximum Gasteiger partial charge on any atom is 0.0974 e. The third-order valence-corrected chi connectivity index (χ3v) is 11.9. The minimum Gasteiger partial charge on any atom is -0.251 e. The van der Waals surface area contributed by atoms with Crippen molar-refractivity contribution in [2.24, 2.45) is 0 Å². The lowest BCUT2D eigenvalue weighted by Crippen LogP contribution is -2.07. The van der Waals surface area contributed by atoms with Gasteiger partial charge in [0.15, 0.2) is 0 Å². The Balaban J connectivity index is 1.28. The van der Waals surface area contributed by atoms with Crippen molar-refractivity contribution in [2.75, 3.05) is 0 Å². The number of aromatic nitrogens is 2. The molecule has 1 aliphatic carbocycles. The number of hydrogen-bond donors (Lipinski definition) is 0. The standard InChI is InChI=1S/C55H44N2/c1-37-30-31-43-32-33-46-47(36-50(39-20-9-3-10-21-39)57-55(46)54(43)56-37)44-28-17-29-45(34-44)49-35-48(38-18-7-2-8-19-38)51(40-22-11-4-12-23-40)53(42-26-15-6-16-27-42)52(49)41-24-13-5-14-25-41/h2,4-8,11-19,22-36,39H,3,9-10,20-21H2,1H3. The van der Waals surface area contributed by atoms with Crippen molar-refractivity contribution in [3.05, 3.63) is 193 Å². The van der Waals surface area contributed by atoms with Crippen LogP contribution in [0.25, 0.3) is 88.6 Å². The van der Waals surface area contributed by atoms with Gasteiger partial charge in [-0.2, -0.15) is 0 Å². The van der Waals surface area contributed by atoms with Crippen LogP contribution in [-0.2, 0) is 0 Å². The average molecular weight is 733 g/mol. The van der Waals surface area contributed by atoms with Gasteiger partial charge in [-0.05, 0) is 111 Å². The molecule has 0 bridgehead atoms. The molecule has 7 aromatic carbocycles. The second kappa shape index (κ2) is 15.1. The van der Waals surface area contributed by atoms with E-state index in [2.05, 4.69) is 189 Å². The third kappa shape index (κ3) is 6.62. The van der Waals surface area contributed by atoms with Crippen molar-refractivity contribution in [3.8, 4) is 66.8 Å². The van der Waals surface area contributed by atoms with Crippen LogP contribution in [0, 0.1) is 6.92 Å². The van der Waals surface area contributed by atoms with E-state index in [0.717, 1.165) is 27.5 Å². The molecule has 0 saturated heterocycles. The molecular weight excluding hydrogens is 689 g/mol. The van der Waals surface area contributed by atoms with Crippen molar-refractivity contribution in [1.29, 1.82) is 0 Å². The summed E-state index contributed by atoms with van der Waals surface area (Å²) in [5.41, 5.74) is 18.7. The first-order valence-electron chi connectivity index (χ1n) is 20.4. The summed E-state index contributed by atoms with van der Waals surface area (Å²) in [5, 5.41) is 2.28. The summed E-state index contributed by atoms with van der Waals surface area (Å²) in [7, 11) is 0. The number of pyridine rings is 2. The first kappa shape index (κ1) is 34.8. The predicted molar refractivity (Wildman–Crippen MR) is 240 cm³/mol. The number of fused-ring (bicyclic) bond motifs is 3. The van der Waals surface area contributed by atoms with Crippen molar-refractivity contribution >= 4 is 21.8 Å². The second-order valence-corrected chi connectivity index (χ2v) is 15.6. The van der Waals surface area contributed by atoms with Gasteiger partial charge in [-0.1, -0.05) is 177 Å². The van der Waals surface area contributed by atoms with E-state index >= 15 is 0 Å². The molecule has 0 radical (unpaired) electrons. The number of benzene rings is 7. The Hall–Kier alpha value is -6.64. The van der Waals surface area contributed by atoms with Crippen molar-refractivity contribution < 1.29 is 0 Å². The highest BCUT2D eigenvalue weighted by Gasteiger charge is 2.25. The van der Waals surface area contributed by atoms with Gasteiger partial charge in [0.2, 0.25) is 0 Å². The molecule has 0 aliphatic heterocycles.